The molecule has 2 heteroatoms. The third-order valence-electron chi connectivity index (χ3n) is 8.40. The van der Waals surface area contributed by atoms with Gasteiger partial charge in [-0.15, -0.1) is 0 Å². The Balaban J connectivity index is 1.66. The van der Waals surface area contributed by atoms with Crippen LogP contribution in [0.25, 0.3) is 0 Å². The fourth-order valence-electron chi connectivity index (χ4n) is 7.90. The number of hydrogen-bond acceptors (Lipinski definition) is 1. The van der Waals surface area contributed by atoms with Gasteiger partial charge in [-0.25, -0.2) is 0 Å². The van der Waals surface area contributed by atoms with Crippen molar-refractivity contribution in [1.82, 2.24) is 0 Å². The van der Waals surface area contributed by atoms with E-state index in [1.807, 2.05) is 0 Å². The van der Waals surface area contributed by atoms with Crippen molar-refractivity contribution in [3.8, 4) is 0 Å². The molecule has 4 fully saturated rings. The van der Waals surface area contributed by atoms with E-state index in [0.717, 1.165) is 37.0 Å². The van der Waals surface area contributed by atoms with Crippen LogP contribution in [0.4, 0.5) is 0 Å². The van der Waals surface area contributed by atoms with E-state index >= 15 is 0 Å². The van der Waals surface area contributed by atoms with E-state index in [1.54, 1.807) is 0 Å². The average Bonchev–Trinajstić information content (AvgIpc) is 2.82. The second-order valence-corrected chi connectivity index (χ2v) is 9.03. The molecule has 6 atom stereocenters. The molecule has 0 saturated heterocycles. The van der Waals surface area contributed by atoms with E-state index < -0.39 is 0 Å². The van der Waals surface area contributed by atoms with Crippen LogP contribution in [0.5, 0.6) is 0 Å². The Labute approximate surface area is 138 Å². The van der Waals surface area contributed by atoms with Gasteiger partial charge in [-0.05, 0) is 60.8 Å². The summed E-state index contributed by atoms with van der Waals surface area (Å²) in [6.07, 6.45) is 8.43. The van der Waals surface area contributed by atoms with Crippen molar-refractivity contribution in [2.24, 2.45) is 34.3 Å². The summed E-state index contributed by atoms with van der Waals surface area (Å²) in [6, 6.07) is 11.1. The van der Waals surface area contributed by atoms with Gasteiger partial charge in [-0.1, -0.05) is 50.1 Å². The Morgan fingerprint density at radius 2 is 1.96 bits per heavy atom. The Kier molecular flexibility index (Phi) is 2.57. The van der Waals surface area contributed by atoms with Crippen LogP contribution in [0.1, 0.15) is 57.4 Å². The van der Waals surface area contributed by atoms with Crippen molar-refractivity contribution >= 4 is 5.91 Å². The van der Waals surface area contributed by atoms with Crippen molar-refractivity contribution < 1.29 is 4.79 Å². The normalized spacial score (nSPS) is 49.0. The van der Waals surface area contributed by atoms with E-state index in [4.69, 9.17) is 5.73 Å². The molecule has 122 valence electrons. The molecule has 0 aromatic heterocycles. The first-order valence-corrected chi connectivity index (χ1v) is 9.42. The van der Waals surface area contributed by atoms with Crippen LogP contribution in [0, 0.1) is 28.6 Å². The number of nitrogens with two attached hydrogens (primary N) is 1. The molecular weight excluding hydrogens is 282 g/mol. The molecule has 3 bridgehead atoms. The zero-order chi connectivity index (χ0) is 15.9. The number of primary amides is 1. The van der Waals surface area contributed by atoms with E-state index in [-0.39, 0.29) is 16.7 Å². The lowest BCUT2D eigenvalue weighted by molar-refractivity contribution is -0.129. The number of amides is 1. The van der Waals surface area contributed by atoms with Crippen LogP contribution in [-0.2, 0) is 10.2 Å². The molecule has 5 rings (SSSR count). The maximum atomic E-state index is 12.5. The van der Waals surface area contributed by atoms with Gasteiger partial charge < -0.3 is 5.73 Å². The Morgan fingerprint density at radius 3 is 2.65 bits per heavy atom. The Hall–Kier alpha value is -1.31. The minimum Gasteiger partial charge on any atom is -0.369 e. The van der Waals surface area contributed by atoms with E-state index in [2.05, 4.69) is 37.3 Å². The summed E-state index contributed by atoms with van der Waals surface area (Å²) in [4.78, 5) is 12.5. The highest BCUT2D eigenvalue weighted by molar-refractivity contribution is 5.82. The fourth-order valence-corrected chi connectivity index (χ4v) is 7.90. The molecule has 1 aromatic carbocycles. The molecule has 1 aromatic rings. The summed E-state index contributed by atoms with van der Waals surface area (Å²) in [7, 11) is 0. The summed E-state index contributed by atoms with van der Waals surface area (Å²) in [5.74, 6) is 2.42. The maximum Gasteiger partial charge on any atom is 0.223 e. The first-order valence-electron chi connectivity index (χ1n) is 9.42. The van der Waals surface area contributed by atoms with Crippen molar-refractivity contribution in [2.75, 3.05) is 0 Å². The number of carbonyl (C=O) groups excluding carboxylic acids is 1. The minimum atomic E-state index is -0.212. The highest BCUT2D eigenvalue weighted by Crippen LogP contribution is 2.85. The number of rotatable bonds is 4. The third-order valence-corrected chi connectivity index (χ3v) is 8.40. The van der Waals surface area contributed by atoms with Crippen LogP contribution in [0.2, 0.25) is 0 Å². The van der Waals surface area contributed by atoms with Crippen LogP contribution in [0.15, 0.2) is 30.3 Å². The summed E-state index contributed by atoms with van der Waals surface area (Å²) in [6.45, 7) is 2.31. The molecular formula is C21H27NO. The highest BCUT2D eigenvalue weighted by Gasteiger charge is 2.81. The quantitative estimate of drug-likeness (QED) is 0.896. The van der Waals surface area contributed by atoms with Gasteiger partial charge in [-0.3, -0.25) is 4.79 Å². The van der Waals surface area contributed by atoms with E-state index in [9.17, 15) is 4.79 Å². The van der Waals surface area contributed by atoms with Gasteiger partial charge >= 0.3 is 0 Å². The maximum absolute atomic E-state index is 12.5. The van der Waals surface area contributed by atoms with Gasteiger partial charge in [0, 0.05) is 5.41 Å². The van der Waals surface area contributed by atoms with Crippen molar-refractivity contribution in [3.63, 3.8) is 0 Å². The van der Waals surface area contributed by atoms with Crippen LogP contribution in [-0.4, -0.2) is 5.91 Å². The van der Waals surface area contributed by atoms with Crippen LogP contribution >= 0.6 is 0 Å². The molecule has 0 heterocycles. The topological polar surface area (TPSA) is 43.1 Å². The zero-order valence-corrected chi connectivity index (χ0v) is 14.1. The second kappa shape index (κ2) is 4.20. The van der Waals surface area contributed by atoms with Crippen molar-refractivity contribution in [1.29, 1.82) is 0 Å². The van der Waals surface area contributed by atoms with Crippen LogP contribution in [0.3, 0.4) is 0 Å². The van der Waals surface area contributed by atoms with Gasteiger partial charge in [0.25, 0.3) is 0 Å². The third kappa shape index (κ3) is 1.41. The van der Waals surface area contributed by atoms with Crippen LogP contribution < -0.4 is 5.73 Å². The number of hydrogen-bond donors (Lipinski definition) is 1. The molecule has 4 aliphatic carbocycles. The molecule has 0 radical (unpaired) electrons. The SMILES string of the molecule is CCCC1C2CC3(C(N)=O)CC4(c5ccccc5)CC1C4(C2)C3. The molecule has 23 heavy (non-hydrogen) atoms. The standard InChI is InChI=1S/C21H27NO/c1-2-6-16-14-9-19(18(22)23)12-20(15-7-4-3-5-8-15)11-17(16)21(20,10-14)13-19/h3-5,7-8,14,16-17H,2,6,9-13H2,1H3,(H2,22,23). The van der Waals surface area contributed by atoms with Crippen molar-refractivity contribution in [3.05, 3.63) is 35.9 Å². The first kappa shape index (κ1) is 14.1. The fraction of sp³-hybridized carbons (Fsp3) is 0.667. The molecule has 4 saturated carbocycles. The highest BCUT2D eigenvalue weighted by atomic mass is 16.1. The molecule has 2 nitrogen and oxygen atoms in total. The number of fused-ring (bicyclic) bond motifs is 2. The van der Waals surface area contributed by atoms with Gasteiger partial charge in [0.05, 0.1) is 5.41 Å². The first-order chi connectivity index (χ1) is 11.1. The molecule has 1 spiro atoms. The van der Waals surface area contributed by atoms with Gasteiger partial charge in [0.1, 0.15) is 0 Å². The lowest BCUT2D eigenvalue weighted by atomic mass is 9.43. The summed E-state index contributed by atoms with van der Waals surface area (Å²) in [5.41, 5.74) is 7.88. The van der Waals surface area contributed by atoms with Gasteiger partial charge in [0.15, 0.2) is 0 Å². The van der Waals surface area contributed by atoms with Gasteiger partial charge in [0.2, 0.25) is 5.91 Å². The molecule has 1 amide bonds. The molecule has 2 N–H and O–H groups in total. The lowest BCUT2D eigenvalue weighted by Gasteiger charge is -2.60. The zero-order valence-electron chi connectivity index (χ0n) is 14.1. The summed E-state index contributed by atoms with van der Waals surface area (Å²) in [5, 5.41) is 0. The minimum absolute atomic E-state index is 0.0119. The Bertz CT molecular complexity index is 670. The van der Waals surface area contributed by atoms with Crippen molar-refractivity contribution in [2.45, 2.75) is 57.3 Å². The van der Waals surface area contributed by atoms with E-state index in [0.29, 0.717) is 5.41 Å². The lowest BCUT2D eigenvalue weighted by Crippen LogP contribution is -2.56. The monoisotopic (exact) mass is 309 g/mol. The molecule has 0 aliphatic heterocycles. The summed E-state index contributed by atoms with van der Waals surface area (Å²) >= 11 is 0. The van der Waals surface area contributed by atoms with Gasteiger partial charge in [-0.2, -0.15) is 0 Å². The molecule has 4 aliphatic rings. The average molecular weight is 309 g/mol. The van der Waals surface area contributed by atoms with E-state index in [1.165, 1.54) is 31.2 Å². The predicted octanol–water partition coefficient (Wildman–Crippen LogP) is 4.04. The summed E-state index contributed by atoms with van der Waals surface area (Å²) < 4.78 is 0. The Morgan fingerprint density at radius 1 is 1.17 bits per heavy atom. The smallest absolute Gasteiger partial charge is 0.223 e. The predicted molar refractivity (Wildman–Crippen MR) is 90.6 cm³/mol. The second-order valence-electron chi connectivity index (χ2n) is 9.03. The molecule has 6 unspecified atom stereocenters. The number of carbonyl (C=O) groups is 1. The largest absolute Gasteiger partial charge is 0.369 e. The number of benzene rings is 1.